The zero-order chi connectivity index (χ0) is 11.3. The van der Waals surface area contributed by atoms with Crippen molar-refractivity contribution in [1.82, 2.24) is 10.5 Å². The van der Waals surface area contributed by atoms with E-state index in [2.05, 4.69) is 41.1 Å². The minimum atomic E-state index is -0.0688. The van der Waals surface area contributed by atoms with E-state index in [1.807, 2.05) is 0 Å². The smallest absolute Gasteiger partial charge is 0.226 e. The van der Waals surface area contributed by atoms with Crippen LogP contribution in [0.3, 0.4) is 0 Å². The topological polar surface area (TPSA) is 67.2 Å². The Morgan fingerprint density at radius 2 is 2.27 bits per heavy atom. The van der Waals surface area contributed by atoms with Crippen molar-refractivity contribution in [3.63, 3.8) is 0 Å². The predicted molar refractivity (Wildman–Crippen MR) is 57.5 cm³/mol. The Balaban J connectivity index is 2.20. The molecule has 0 fully saturated rings. The lowest BCUT2D eigenvalue weighted by Crippen LogP contribution is -2.37. The second kappa shape index (κ2) is 4.93. The highest BCUT2D eigenvalue weighted by Crippen LogP contribution is 2.02. The van der Waals surface area contributed by atoms with Crippen LogP contribution in [0.2, 0.25) is 0 Å². The lowest BCUT2D eigenvalue weighted by atomic mass is 10.1. The number of amides is 1. The Morgan fingerprint density at radius 1 is 1.53 bits per heavy atom. The van der Waals surface area contributed by atoms with Gasteiger partial charge in [-0.15, -0.1) is 0 Å². The van der Waals surface area contributed by atoms with Crippen LogP contribution in [0.1, 0.15) is 27.2 Å². The first-order chi connectivity index (χ1) is 6.97. The summed E-state index contributed by atoms with van der Waals surface area (Å²) in [6, 6.07) is 1.61. The van der Waals surface area contributed by atoms with Crippen LogP contribution in [0.25, 0.3) is 0 Å². The second-order valence-corrected chi connectivity index (χ2v) is 4.36. The molecule has 0 spiro atoms. The molecule has 5 heteroatoms. The number of nitrogens with one attached hydrogen (secondary N) is 2. The van der Waals surface area contributed by atoms with E-state index in [0.717, 1.165) is 0 Å². The summed E-state index contributed by atoms with van der Waals surface area (Å²) in [6.07, 6.45) is 1.84. The number of carbonyl (C=O) groups excluding carboxylic acids is 1. The van der Waals surface area contributed by atoms with E-state index in [1.165, 1.54) is 6.26 Å². The van der Waals surface area contributed by atoms with E-state index >= 15 is 0 Å². The Hall–Kier alpha value is -1.36. The molecule has 0 radical (unpaired) electrons. The van der Waals surface area contributed by atoms with Gasteiger partial charge in [-0.3, -0.25) is 4.79 Å². The fourth-order valence-electron chi connectivity index (χ4n) is 1.03. The van der Waals surface area contributed by atoms with E-state index in [9.17, 15) is 4.79 Å². The van der Waals surface area contributed by atoms with E-state index < -0.39 is 0 Å². The van der Waals surface area contributed by atoms with Crippen molar-refractivity contribution < 1.29 is 9.32 Å². The van der Waals surface area contributed by atoms with Crippen LogP contribution in [0.4, 0.5) is 5.82 Å². The SMILES string of the molecule is CC(C)(C)NCCC(=O)Nc1ccon1. The third-order valence-corrected chi connectivity index (χ3v) is 1.71. The molecule has 1 aromatic heterocycles. The van der Waals surface area contributed by atoms with Gasteiger partial charge >= 0.3 is 0 Å². The third kappa shape index (κ3) is 5.17. The van der Waals surface area contributed by atoms with Crippen LogP contribution >= 0.6 is 0 Å². The highest BCUT2D eigenvalue weighted by atomic mass is 16.5. The summed E-state index contributed by atoms with van der Waals surface area (Å²) in [6.45, 7) is 6.82. The quantitative estimate of drug-likeness (QED) is 0.789. The standard InChI is InChI=1S/C10H17N3O2/c1-10(2,3)11-6-4-9(14)12-8-5-7-15-13-8/h5,7,11H,4,6H2,1-3H3,(H,12,13,14). The van der Waals surface area contributed by atoms with Gasteiger partial charge in [0.15, 0.2) is 5.82 Å². The largest absolute Gasteiger partial charge is 0.363 e. The number of carbonyl (C=O) groups is 1. The predicted octanol–water partition coefficient (Wildman–Crippen LogP) is 1.39. The Kier molecular flexibility index (Phi) is 3.85. The highest BCUT2D eigenvalue weighted by Gasteiger charge is 2.10. The molecule has 0 aliphatic rings. The summed E-state index contributed by atoms with van der Waals surface area (Å²) in [5.74, 6) is 0.386. The maximum atomic E-state index is 11.4. The van der Waals surface area contributed by atoms with Gasteiger partial charge in [0.05, 0.1) is 0 Å². The summed E-state index contributed by atoms with van der Waals surface area (Å²) in [5.41, 5.74) is 0.0359. The molecular formula is C10H17N3O2. The molecule has 2 N–H and O–H groups in total. The number of aromatic nitrogens is 1. The van der Waals surface area contributed by atoms with Gasteiger partial charge in [-0.05, 0) is 20.8 Å². The average Bonchev–Trinajstić information content (AvgIpc) is 2.54. The molecule has 0 atom stereocenters. The summed E-state index contributed by atoms with van der Waals surface area (Å²) in [5, 5.41) is 9.44. The number of rotatable bonds is 4. The number of nitrogens with zero attached hydrogens (tertiary/aromatic N) is 1. The Bertz CT molecular complexity index is 301. The van der Waals surface area contributed by atoms with Crippen molar-refractivity contribution >= 4 is 11.7 Å². The average molecular weight is 211 g/mol. The maximum Gasteiger partial charge on any atom is 0.226 e. The fourth-order valence-corrected chi connectivity index (χ4v) is 1.03. The van der Waals surface area contributed by atoms with Gasteiger partial charge in [0.25, 0.3) is 0 Å². The normalized spacial score (nSPS) is 11.4. The van der Waals surface area contributed by atoms with Crippen molar-refractivity contribution in [2.75, 3.05) is 11.9 Å². The Labute approximate surface area is 89.2 Å². The van der Waals surface area contributed by atoms with Gasteiger partial charge in [0, 0.05) is 24.6 Å². The first kappa shape index (κ1) is 11.7. The molecule has 1 amide bonds. The lowest BCUT2D eigenvalue weighted by Gasteiger charge is -2.19. The molecule has 0 bridgehead atoms. The van der Waals surface area contributed by atoms with E-state index in [0.29, 0.717) is 18.8 Å². The van der Waals surface area contributed by atoms with Gasteiger partial charge in [-0.25, -0.2) is 0 Å². The minimum Gasteiger partial charge on any atom is -0.363 e. The summed E-state index contributed by atoms with van der Waals surface area (Å²) in [4.78, 5) is 11.4. The summed E-state index contributed by atoms with van der Waals surface area (Å²) < 4.78 is 4.59. The maximum absolute atomic E-state index is 11.4. The van der Waals surface area contributed by atoms with Crippen LogP contribution in [0.5, 0.6) is 0 Å². The van der Waals surface area contributed by atoms with Crippen LogP contribution < -0.4 is 10.6 Å². The van der Waals surface area contributed by atoms with Gasteiger partial charge in [-0.2, -0.15) is 0 Å². The zero-order valence-electron chi connectivity index (χ0n) is 9.33. The molecule has 5 nitrogen and oxygen atoms in total. The molecule has 1 rings (SSSR count). The van der Waals surface area contributed by atoms with Crippen LogP contribution in [0, 0.1) is 0 Å². The molecule has 0 aliphatic carbocycles. The third-order valence-electron chi connectivity index (χ3n) is 1.71. The van der Waals surface area contributed by atoms with Crippen LogP contribution in [-0.2, 0) is 4.79 Å². The minimum absolute atomic E-state index is 0.0359. The number of anilines is 1. The molecule has 84 valence electrons. The van der Waals surface area contributed by atoms with E-state index in [-0.39, 0.29) is 11.4 Å². The lowest BCUT2D eigenvalue weighted by molar-refractivity contribution is -0.116. The van der Waals surface area contributed by atoms with Crippen molar-refractivity contribution in [3.05, 3.63) is 12.3 Å². The number of hydrogen-bond acceptors (Lipinski definition) is 4. The molecular weight excluding hydrogens is 194 g/mol. The van der Waals surface area contributed by atoms with Crippen molar-refractivity contribution in [2.45, 2.75) is 32.7 Å². The van der Waals surface area contributed by atoms with Crippen LogP contribution in [-0.4, -0.2) is 23.1 Å². The van der Waals surface area contributed by atoms with Gasteiger partial charge in [-0.1, -0.05) is 5.16 Å². The first-order valence-corrected chi connectivity index (χ1v) is 4.93. The van der Waals surface area contributed by atoms with Gasteiger partial charge < -0.3 is 15.2 Å². The fraction of sp³-hybridized carbons (Fsp3) is 0.600. The first-order valence-electron chi connectivity index (χ1n) is 4.93. The molecule has 15 heavy (non-hydrogen) atoms. The highest BCUT2D eigenvalue weighted by molar-refractivity contribution is 5.89. The summed E-state index contributed by atoms with van der Waals surface area (Å²) >= 11 is 0. The monoisotopic (exact) mass is 211 g/mol. The number of hydrogen-bond donors (Lipinski definition) is 2. The van der Waals surface area contributed by atoms with E-state index in [4.69, 9.17) is 0 Å². The molecule has 0 aliphatic heterocycles. The zero-order valence-corrected chi connectivity index (χ0v) is 9.33. The molecule has 0 unspecified atom stereocenters. The summed E-state index contributed by atoms with van der Waals surface area (Å²) in [7, 11) is 0. The molecule has 1 aromatic rings. The molecule has 0 saturated carbocycles. The Morgan fingerprint density at radius 3 is 2.80 bits per heavy atom. The van der Waals surface area contributed by atoms with E-state index in [1.54, 1.807) is 6.07 Å². The van der Waals surface area contributed by atoms with Gasteiger partial charge in [0.1, 0.15) is 6.26 Å². The van der Waals surface area contributed by atoms with Crippen molar-refractivity contribution in [1.29, 1.82) is 0 Å². The molecule has 0 aromatic carbocycles. The second-order valence-electron chi connectivity index (χ2n) is 4.36. The van der Waals surface area contributed by atoms with Crippen molar-refractivity contribution in [2.24, 2.45) is 0 Å². The van der Waals surface area contributed by atoms with Crippen molar-refractivity contribution in [3.8, 4) is 0 Å². The van der Waals surface area contributed by atoms with Crippen LogP contribution in [0.15, 0.2) is 16.9 Å². The molecule has 1 heterocycles. The molecule has 0 saturated heterocycles. The van der Waals surface area contributed by atoms with Gasteiger partial charge in [0.2, 0.25) is 5.91 Å².